The highest BCUT2D eigenvalue weighted by Crippen LogP contribution is 2.56. The van der Waals surface area contributed by atoms with Crippen LogP contribution in [0.4, 0.5) is 83.4 Å². The summed E-state index contributed by atoms with van der Waals surface area (Å²) in [5.74, 6) is -15.9. The molecule has 0 aromatic rings. The first kappa shape index (κ1) is 30.1. The lowest BCUT2D eigenvalue weighted by Gasteiger charge is -2.40. The summed E-state index contributed by atoms with van der Waals surface area (Å²) in [6, 6.07) is -4.16. The number of hydrogen-bond acceptors (Lipinski definition) is 3. The highest BCUT2D eigenvalue weighted by Gasteiger charge is 2.85. The molecule has 0 N–H and O–H groups in total. The molecule has 0 saturated heterocycles. The minimum atomic E-state index is -8.10. The number of alkyl halides is 16. The van der Waals surface area contributed by atoms with Gasteiger partial charge in [-0.15, -0.1) is 0 Å². The third-order valence-electron chi connectivity index (χ3n) is 2.64. The van der Waals surface area contributed by atoms with E-state index in [9.17, 15) is 83.4 Å². The Morgan fingerprint density at radius 1 is 0.531 bits per heavy atom. The summed E-state index contributed by atoms with van der Waals surface area (Å²) < 4.78 is 244. The molecule has 32 heavy (non-hydrogen) atoms. The molecule has 22 heteroatoms. The molecule has 3 nitrogen and oxygen atoms in total. The number of ether oxygens (including phenoxy) is 3. The van der Waals surface area contributed by atoms with Gasteiger partial charge in [0.1, 0.15) is 0 Å². The first-order valence-electron chi connectivity index (χ1n) is 6.41. The van der Waals surface area contributed by atoms with Crippen molar-refractivity contribution in [2.75, 3.05) is 0 Å². The summed E-state index contributed by atoms with van der Waals surface area (Å²) in [6.07, 6.45) is -48.1. The zero-order valence-electron chi connectivity index (χ0n) is 13.5. The van der Waals surface area contributed by atoms with E-state index in [-0.39, 0.29) is 0 Å². The highest BCUT2D eigenvalue weighted by atomic mass is 19.4. The highest BCUT2D eigenvalue weighted by molar-refractivity contribution is 4.96. The SMILES string of the molecule is FC(F)=C(F)OC(F)(F)C(F)(OC(F)(F)C(F)(OC(F)(F)C(F)F)C(F)(F)F)C(F)(F)F. The van der Waals surface area contributed by atoms with Crippen LogP contribution in [0.1, 0.15) is 0 Å². The van der Waals surface area contributed by atoms with Gasteiger partial charge in [0.05, 0.1) is 0 Å². The Kier molecular flexibility index (Phi) is 7.99. The van der Waals surface area contributed by atoms with Gasteiger partial charge in [0.15, 0.2) is 0 Å². The van der Waals surface area contributed by atoms with Crippen LogP contribution in [0.5, 0.6) is 0 Å². The van der Waals surface area contributed by atoms with Crippen molar-refractivity contribution in [2.24, 2.45) is 0 Å². The van der Waals surface area contributed by atoms with Crippen LogP contribution in [-0.4, -0.2) is 48.8 Å². The van der Waals surface area contributed by atoms with Crippen molar-refractivity contribution in [3.63, 3.8) is 0 Å². The van der Waals surface area contributed by atoms with Crippen LogP contribution in [0.2, 0.25) is 0 Å². The van der Waals surface area contributed by atoms with Gasteiger partial charge < -0.3 is 4.74 Å². The molecule has 0 saturated carbocycles. The molecule has 2 unspecified atom stereocenters. The Morgan fingerprint density at radius 3 is 1.16 bits per heavy atom. The van der Waals surface area contributed by atoms with Crippen LogP contribution in [0, 0.1) is 0 Å². The molecule has 2 atom stereocenters. The quantitative estimate of drug-likeness (QED) is 0.250. The first-order chi connectivity index (χ1) is 13.7. The third kappa shape index (κ3) is 5.54. The minimum Gasteiger partial charge on any atom is -0.398 e. The van der Waals surface area contributed by atoms with Gasteiger partial charge in [0.25, 0.3) is 0 Å². The Balaban J connectivity index is 6.74. The molecule has 0 fully saturated rings. The molecule has 0 aliphatic heterocycles. The van der Waals surface area contributed by atoms with Crippen molar-refractivity contribution in [3.8, 4) is 0 Å². The maximum atomic E-state index is 13.6. The second kappa shape index (κ2) is 8.48. The predicted molar refractivity (Wildman–Crippen MR) is 54.2 cm³/mol. The van der Waals surface area contributed by atoms with Crippen molar-refractivity contribution in [3.05, 3.63) is 12.1 Å². The lowest BCUT2D eigenvalue weighted by molar-refractivity contribution is -0.561. The summed E-state index contributed by atoms with van der Waals surface area (Å²) in [5.41, 5.74) is 0. The zero-order chi connectivity index (χ0) is 26.4. The number of rotatable bonds is 9. The maximum absolute atomic E-state index is 13.6. The summed E-state index contributed by atoms with van der Waals surface area (Å²) in [4.78, 5) is 0. The summed E-state index contributed by atoms with van der Waals surface area (Å²) in [5, 5.41) is 0. The molecule has 0 radical (unpaired) electrons. The van der Waals surface area contributed by atoms with E-state index in [1.165, 1.54) is 9.47 Å². The van der Waals surface area contributed by atoms with Gasteiger partial charge in [0, 0.05) is 0 Å². The fourth-order valence-corrected chi connectivity index (χ4v) is 1.26. The average molecular weight is 530 g/mol. The fraction of sp³-hybridized carbons (Fsp3) is 0.800. The molecular weight excluding hydrogens is 529 g/mol. The molecular formula is C10HF19O3. The molecule has 0 heterocycles. The van der Waals surface area contributed by atoms with Crippen molar-refractivity contribution >= 4 is 0 Å². The van der Waals surface area contributed by atoms with Crippen LogP contribution < -0.4 is 0 Å². The smallest absolute Gasteiger partial charge is 0.398 e. The number of hydrogen-bond donors (Lipinski definition) is 0. The van der Waals surface area contributed by atoms with E-state index in [0.29, 0.717) is 0 Å². The lowest BCUT2D eigenvalue weighted by Crippen LogP contribution is -2.68. The molecule has 0 aliphatic rings. The zero-order valence-corrected chi connectivity index (χ0v) is 13.5. The van der Waals surface area contributed by atoms with Crippen molar-refractivity contribution in [2.45, 2.75) is 48.8 Å². The van der Waals surface area contributed by atoms with E-state index in [0.717, 1.165) is 0 Å². The molecule has 192 valence electrons. The Morgan fingerprint density at radius 2 is 0.875 bits per heavy atom. The Bertz CT molecular complexity index is 690. The lowest BCUT2D eigenvalue weighted by atomic mass is 10.2. The van der Waals surface area contributed by atoms with Crippen LogP contribution in [0.3, 0.4) is 0 Å². The molecule has 0 aromatic heterocycles. The van der Waals surface area contributed by atoms with Crippen LogP contribution >= 0.6 is 0 Å². The first-order valence-corrected chi connectivity index (χ1v) is 6.41. The van der Waals surface area contributed by atoms with Gasteiger partial charge in [0.2, 0.25) is 0 Å². The number of halogens is 19. The average Bonchev–Trinajstić information content (AvgIpc) is 2.50. The minimum absolute atomic E-state index is 1.32. The molecule has 0 spiro atoms. The summed E-state index contributed by atoms with van der Waals surface area (Å²) in [7, 11) is 0. The second-order valence-electron chi connectivity index (χ2n) is 4.92. The van der Waals surface area contributed by atoms with Crippen molar-refractivity contribution in [1.82, 2.24) is 0 Å². The predicted octanol–water partition coefficient (Wildman–Crippen LogP) is 6.57. The van der Waals surface area contributed by atoms with E-state index in [2.05, 4.69) is 0 Å². The van der Waals surface area contributed by atoms with E-state index >= 15 is 0 Å². The topological polar surface area (TPSA) is 27.7 Å². The maximum Gasteiger partial charge on any atom is 0.471 e. The second-order valence-corrected chi connectivity index (χ2v) is 4.92. The van der Waals surface area contributed by atoms with E-state index in [1.54, 1.807) is 4.74 Å². The van der Waals surface area contributed by atoms with Gasteiger partial charge in [-0.25, -0.2) is 8.78 Å². The Hall–Kier alpha value is -1.87. The van der Waals surface area contributed by atoms with Gasteiger partial charge in [-0.2, -0.15) is 74.6 Å². The van der Waals surface area contributed by atoms with Crippen LogP contribution in [0.25, 0.3) is 0 Å². The van der Waals surface area contributed by atoms with E-state index in [1.807, 2.05) is 0 Å². The van der Waals surface area contributed by atoms with Crippen LogP contribution in [0.15, 0.2) is 12.1 Å². The monoisotopic (exact) mass is 530 g/mol. The van der Waals surface area contributed by atoms with Gasteiger partial charge in [-0.1, -0.05) is 0 Å². The fourth-order valence-electron chi connectivity index (χ4n) is 1.26. The molecule has 0 rings (SSSR count). The Labute approximate surface area is 160 Å². The standard InChI is InChI=1S/C10HF19O3/c11-1(12)2(13)30-9(26,27)5(18,7(20,21)22)32-10(28,29)6(19,8(23,24)25)31-4(16,17)3(14)15/h3H. The normalized spacial score (nSPS) is 18.2. The third-order valence-corrected chi connectivity index (χ3v) is 2.64. The van der Waals surface area contributed by atoms with Crippen molar-refractivity contribution in [1.29, 1.82) is 0 Å². The largest absolute Gasteiger partial charge is 0.471 e. The molecule has 0 amide bonds. The van der Waals surface area contributed by atoms with E-state index < -0.39 is 60.9 Å². The molecule has 0 bridgehead atoms. The molecule has 0 aromatic carbocycles. The van der Waals surface area contributed by atoms with Gasteiger partial charge >= 0.3 is 60.9 Å². The van der Waals surface area contributed by atoms with Gasteiger partial charge in [-0.05, 0) is 0 Å². The van der Waals surface area contributed by atoms with Crippen LogP contribution in [-0.2, 0) is 14.2 Å². The summed E-state index contributed by atoms with van der Waals surface area (Å²) >= 11 is 0. The summed E-state index contributed by atoms with van der Waals surface area (Å²) in [6.45, 7) is 0. The van der Waals surface area contributed by atoms with E-state index in [4.69, 9.17) is 0 Å². The van der Waals surface area contributed by atoms with Gasteiger partial charge in [-0.3, -0.25) is 9.47 Å². The molecule has 0 aliphatic carbocycles. The van der Waals surface area contributed by atoms with Crippen molar-refractivity contribution < 1.29 is 97.6 Å².